The normalized spacial score (nSPS) is 14.8. The monoisotopic (exact) mass is 1340 g/mol. The second-order valence-corrected chi connectivity index (χ2v) is 24.8. The summed E-state index contributed by atoms with van der Waals surface area (Å²) in [4.78, 5) is 93.2. The van der Waals surface area contributed by atoms with Crippen molar-refractivity contribution in [3.63, 3.8) is 0 Å². The van der Waals surface area contributed by atoms with Crippen LogP contribution in [-0.4, -0.2) is 161 Å². The van der Waals surface area contributed by atoms with Crippen molar-refractivity contribution in [3.8, 4) is 11.5 Å². The van der Waals surface area contributed by atoms with E-state index in [9.17, 15) is 111 Å². The first-order valence-corrected chi connectivity index (χ1v) is 30.3. The van der Waals surface area contributed by atoms with Crippen LogP contribution >= 0.6 is 0 Å². The number of aromatic nitrogens is 6. The minimum Gasteiger partial charge on any atom is -0.505 e. The lowest BCUT2D eigenvalue weighted by molar-refractivity contribution is 0.0676. The molecule has 3 heterocycles. The third-order valence-electron chi connectivity index (χ3n) is 13.0. The van der Waals surface area contributed by atoms with E-state index >= 15 is 0 Å². The molecule has 1 fully saturated rings. The second-order valence-electron chi connectivity index (χ2n) is 19.2. The molecule has 0 spiro atoms. The van der Waals surface area contributed by atoms with Crippen LogP contribution in [0.15, 0.2) is 122 Å². The van der Waals surface area contributed by atoms with E-state index in [2.05, 4.69) is 61.0 Å². The molecule has 0 bridgehead atoms. The van der Waals surface area contributed by atoms with Crippen molar-refractivity contribution in [2.24, 2.45) is 20.5 Å². The Bertz CT molecular complexity index is 4760. The van der Waals surface area contributed by atoms with E-state index in [0.717, 1.165) is 36.4 Å². The van der Waals surface area contributed by atoms with Gasteiger partial charge in [0.2, 0.25) is 23.8 Å². The molecule has 91 heavy (non-hydrogen) atoms. The molecule has 0 amide bonds. The first-order valence-electron chi connectivity index (χ1n) is 24.5. The number of phenols is 2. The predicted octanol–water partition coefficient (Wildman–Crippen LogP) is 4.72. The van der Waals surface area contributed by atoms with E-state index < -0.39 is 209 Å². The summed E-state index contributed by atoms with van der Waals surface area (Å²) in [6, 6.07) is 7.15. The van der Waals surface area contributed by atoms with Crippen molar-refractivity contribution in [2.45, 2.75) is 45.5 Å². The van der Waals surface area contributed by atoms with Crippen LogP contribution in [0.1, 0.15) is 55.3 Å². The van der Waals surface area contributed by atoms with Crippen molar-refractivity contribution >= 4 is 144 Å². The van der Waals surface area contributed by atoms with Gasteiger partial charge in [-0.05, 0) is 97.4 Å². The van der Waals surface area contributed by atoms with Gasteiger partial charge in [0.15, 0.2) is 11.5 Å². The van der Waals surface area contributed by atoms with Gasteiger partial charge in [0.05, 0.1) is 54.8 Å². The maximum Gasteiger partial charge on any atom is 0.351 e. The lowest BCUT2D eigenvalue weighted by Gasteiger charge is -2.43. The summed E-state index contributed by atoms with van der Waals surface area (Å²) >= 11 is 0. The Balaban J connectivity index is 0.0000107. The van der Waals surface area contributed by atoms with E-state index in [0.29, 0.717) is 36.4 Å². The Hall–Kier alpha value is -11.1. The molecule has 2 aromatic heterocycles. The Morgan fingerprint density at radius 3 is 1.09 bits per heavy atom. The van der Waals surface area contributed by atoms with E-state index in [1.54, 1.807) is 13.8 Å². The van der Waals surface area contributed by atoms with Gasteiger partial charge in [-0.3, -0.25) is 28.2 Å². The molecule has 0 aliphatic carbocycles. The average molecular weight is 1340 g/mol. The molecule has 2 unspecified atom stereocenters. The van der Waals surface area contributed by atoms with Crippen LogP contribution in [0.4, 0.5) is 57.9 Å². The maximum atomic E-state index is 13.3. The number of anilines is 6. The van der Waals surface area contributed by atoms with Crippen LogP contribution in [0.5, 0.6) is 11.5 Å². The van der Waals surface area contributed by atoms with Crippen LogP contribution in [0.2, 0.25) is 0 Å². The molecule has 1 aliphatic rings. The van der Waals surface area contributed by atoms with Crippen molar-refractivity contribution in [1.29, 1.82) is 0 Å². The third kappa shape index (κ3) is 14.0. The zero-order valence-electron chi connectivity index (χ0n) is 45.5. The summed E-state index contributed by atoms with van der Waals surface area (Å²) in [6.07, 6.45) is 0. The van der Waals surface area contributed by atoms with Gasteiger partial charge in [-0.15, -0.1) is 10.2 Å². The van der Waals surface area contributed by atoms with Gasteiger partial charge < -0.3 is 57.2 Å². The number of rotatable bonds is 18. The van der Waals surface area contributed by atoms with Gasteiger partial charge in [-0.25, -0.2) is 28.8 Å². The van der Waals surface area contributed by atoms with Crippen LogP contribution in [0, 0.1) is 0 Å². The van der Waals surface area contributed by atoms with E-state index in [1.165, 1.54) is 9.80 Å². The van der Waals surface area contributed by atoms with Gasteiger partial charge in [0, 0.05) is 35.9 Å². The number of H-pyrrole nitrogens is 2. The third-order valence-corrected chi connectivity index (χ3v) is 16.4. The SMILES string of the molecule is CC1CN(c2nc(Nc3cc(S(=O)(=O)O)cc4cc(S(=O)(=O)O)c(N=Nc5cc(C(=O)O)cc(C(=O)O)c5)c(O)c34)[nH]c(=O)n2)C(C)CN1c1nc(Nc2cc(S(=O)(=O)O)cc3cc(S(=O)(=O)O)c(N=Nc4cc(C(=O)O)cc(C(=O)O)c4)c(O)c23)[nH]c(=O)n1.N. The number of aromatic hydroxyl groups is 2. The molecule has 2 atom stereocenters. The number of aromatic carboxylic acids is 4. The molecule has 9 rings (SSSR count). The van der Waals surface area contributed by atoms with Crippen LogP contribution < -0.4 is 38.0 Å². The number of fused-ring (bicyclic) bond motifs is 2. The fourth-order valence-electron chi connectivity index (χ4n) is 9.11. The van der Waals surface area contributed by atoms with E-state index in [4.69, 9.17) is 0 Å². The first-order chi connectivity index (χ1) is 41.8. The zero-order chi connectivity index (χ0) is 66.0. The Labute approximate surface area is 506 Å². The van der Waals surface area contributed by atoms with Gasteiger partial charge >= 0.3 is 35.3 Å². The number of hydrogen-bond acceptors (Lipinski definition) is 29. The number of aromatic amines is 2. The summed E-state index contributed by atoms with van der Waals surface area (Å²) in [7, 11) is -21.3. The minimum atomic E-state index is -5.45. The summed E-state index contributed by atoms with van der Waals surface area (Å²) in [5.41, 5.74) is -8.99. The number of piperazine rings is 1. The summed E-state index contributed by atoms with van der Waals surface area (Å²) < 4.78 is 142. The number of nitrogens with zero attached hydrogens (tertiary/aromatic N) is 10. The highest BCUT2D eigenvalue weighted by molar-refractivity contribution is 7.86. The van der Waals surface area contributed by atoms with Gasteiger partial charge in [-0.2, -0.15) is 63.8 Å². The maximum absolute atomic E-state index is 13.3. The van der Waals surface area contributed by atoms with Crippen molar-refractivity contribution < 1.29 is 102 Å². The Morgan fingerprint density at radius 1 is 0.484 bits per heavy atom. The van der Waals surface area contributed by atoms with Crippen LogP contribution in [0.3, 0.4) is 0 Å². The second kappa shape index (κ2) is 24.1. The lowest BCUT2D eigenvalue weighted by Crippen LogP contribution is -2.58. The van der Waals surface area contributed by atoms with Gasteiger partial charge in [0.25, 0.3) is 40.5 Å². The average Bonchev–Trinajstić information content (AvgIpc) is 0.800. The number of nitrogens with one attached hydrogen (secondary N) is 4. The fraction of sp³-hybridized carbons (Fsp3) is 0.125. The molecule has 1 saturated heterocycles. The molecule has 0 radical (unpaired) electrons. The zero-order valence-corrected chi connectivity index (χ0v) is 48.8. The van der Waals surface area contributed by atoms with E-state index in [-0.39, 0.29) is 31.1 Å². The smallest absolute Gasteiger partial charge is 0.351 e. The highest BCUT2D eigenvalue weighted by atomic mass is 32.2. The number of carbonyl (C=O) groups is 4. The van der Waals surface area contributed by atoms with Crippen LogP contribution in [-0.2, 0) is 40.5 Å². The number of hydrogen-bond donors (Lipinski definition) is 15. The summed E-state index contributed by atoms with van der Waals surface area (Å²) in [6.45, 7) is 2.85. The molecular weight excluding hydrogens is 1300 g/mol. The molecule has 43 heteroatoms. The molecule has 17 N–H and O–H groups in total. The Kier molecular flexibility index (Phi) is 17.5. The highest BCUT2D eigenvalue weighted by Gasteiger charge is 2.34. The number of carboxylic acid groups (broad SMARTS) is 4. The largest absolute Gasteiger partial charge is 0.505 e. The number of benzene rings is 6. The number of phenolic OH excluding ortho intramolecular Hbond substituents is 2. The molecule has 6 aromatic carbocycles. The first kappa shape index (κ1) is 65.9. The Morgan fingerprint density at radius 2 is 0.802 bits per heavy atom. The summed E-state index contributed by atoms with van der Waals surface area (Å²) in [5.74, 6) is -10.7. The molecule has 1 aliphatic heterocycles. The lowest BCUT2D eigenvalue weighted by atomic mass is 10.1. The van der Waals surface area contributed by atoms with E-state index in [1.807, 2.05) is 0 Å². The number of carboxylic acids is 4. The molecular formula is C48H41N15O24S4. The minimum absolute atomic E-state index is 0. The van der Waals surface area contributed by atoms with Crippen molar-refractivity contribution in [2.75, 3.05) is 33.5 Å². The van der Waals surface area contributed by atoms with Crippen molar-refractivity contribution in [1.82, 2.24) is 36.1 Å². The quantitative estimate of drug-likeness (QED) is 0.0408. The number of azo groups is 2. The van der Waals surface area contributed by atoms with Crippen LogP contribution in [0.25, 0.3) is 21.5 Å². The molecule has 0 saturated carbocycles. The standard InChI is InChI=1S/C48H38N14O24S4.H3N/c1-17-15-62(46-52-44(54-48(74)56-46)50-30-14-28(88(78,79)80)10-20-12-32(90(84,85)86)36(38(64)34(20)30)60-58-26-7-23(41(69)70)4-24(8-26)42(71)72)18(2)16-61(17)45-51-43(53-47(73)55-45)49-29-13-27(87(75,76)77)9-19-11-31(89(81,82)83)35(37(63)33(19)29)59-57-25-5-21(39(65)66)3-22(6-25)40(67)68;/h3-14,17-18,63-64H,15-16H2,1-2H3,(H,65,66)(H,67,68)(H,69,70)(H,71,72)(H,75,76,77)(H,78,79,80)(H,81,82,83)(H,84,85,86)(H2,49,51,53,55,73)(H2,50,52,54,56,74);1H3. The highest BCUT2D eigenvalue weighted by Crippen LogP contribution is 2.48. The van der Waals surface area contributed by atoms with Gasteiger partial charge in [-0.1, -0.05) is 0 Å². The fourth-order valence-corrected chi connectivity index (χ4v) is 11.5. The predicted molar refractivity (Wildman–Crippen MR) is 310 cm³/mol. The van der Waals surface area contributed by atoms with Gasteiger partial charge in [0.1, 0.15) is 21.2 Å². The summed E-state index contributed by atoms with van der Waals surface area (Å²) in [5, 5.41) is 79.2. The molecule has 476 valence electrons. The molecule has 8 aromatic rings. The topological polar surface area (TPSA) is 639 Å². The molecule has 39 nitrogen and oxygen atoms in total. The van der Waals surface area contributed by atoms with Crippen molar-refractivity contribution in [3.05, 3.63) is 116 Å².